The quantitative estimate of drug-likeness (QED) is 0.283. The van der Waals surface area contributed by atoms with Crippen LogP contribution >= 0.6 is 0 Å². The minimum absolute atomic E-state index is 0.0679. The molecule has 0 aromatic heterocycles. The van der Waals surface area contributed by atoms with E-state index < -0.39 is 0 Å². The van der Waals surface area contributed by atoms with Crippen molar-refractivity contribution in [2.24, 2.45) is 0 Å². The third kappa shape index (κ3) is 4.36. The van der Waals surface area contributed by atoms with Crippen molar-refractivity contribution < 1.29 is 14.4 Å². The molecule has 0 saturated carbocycles. The van der Waals surface area contributed by atoms with Gasteiger partial charge in [0.05, 0.1) is 6.42 Å². The van der Waals surface area contributed by atoms with Gasteiger partial charge in [0.25, 0.3) is 0 Å². The second kappa shape index (κ2) is 8.83. The van der Waals surface area contributed by atoms with E-state index >= 15 is 0 Å². The Kier molecular flexibility index (Phi) is 5.80. The van der Waals surface area contributed by atoms with Crippen LogP contribution in [0, 0.1) is 0 Å². The summed E-state index contributed by atoms with van der Waals surface area (Å²) in [6.07, 6.45) is 0.300. The lowest BCUT2D eigenvalue weighted by Gasteiger charge is -2.07. The van der Waals surface area contributed by atoms with Crippen LogP contribution in [0.15, 0.2) is 84.9 Å². The van der Waals surface area contributed by atoms with Gasteiger partial charge in [0, 0.05) is 24.8 Å². The molecule has 0 saturated heterocycles. The van der Waals surface area contributed by atoms with Gasteiger partial charge in [0.2, 0.25) is 0 Å². The second-order valence-electron chi connectivity index (χ2n) is 7.52. The lowest BCUT2D eigenvalue weighted by atomic mass is 9.96. The average molecular weight is 394 g/mol. The molecular formula is C27H22O3. The molecule has 0 aliphatic carbocycles. The number of carbonyl (C=O) groups excluding carboxylic acids is 3. The molecule has 0 aliphatic heterocycles. The Labute approximate surface area is 175 Å². The molecule has 0 heterocycles. The summed E-state index contributed by atoms with van der Waals surface area (Å²) < 4.78 is 0. The Balaban J connectivity index is 1.36. The molecule has 3 heteroatoms. The fourth-order valence-electron chi connectivity index (χ4n) is 3.89. The molecule has 30 heavy (non-hydrogen) atoms. The van der Waals surface area contributed by atoms with Gasteiger partial charge in [-0.05, 0) is 27.1 Å². The van der Waals surface area contributed by atoms with Crippen LogP contribution in [0.25, 0.3) is 21.5 Å². The molecule has 4 aromatic carbocycles. The van der Waals surface area contributed by atoms with Crippen molar-refractivity contribution in [2.45, 2.75) is 25.7 Å². The lowest BCUT2D eigenvalue weighted by Crippen LogP contribution is -2.12. The fourth-order valence-corrected chi connectivity index (χ4v) is 3.89. The van der Waals surface area contributed by atoms with Crippen LogP contribution in [-0.4, -0.2) is 17.3 Å². The summed E-state index contributed by atoms with van der Waals surface area (Å²) in [7, 11) is 0. The van der Waals surface area contributed by atoms with Crippen LogP contribution in [-0.2, 0) is 16.0 Å². The fraction of sp³-hybridized carbons (Fsp3) is 0.148. The van der Waals surface area contributed by atoms with Crippen molar-refractivity contribution in [3.05, 3.63) is 96.1 Å². The Bertz CT molecular complexity index is 1240. The Morgan fingerprint density at radius 3 is 1.93 bits per heavy atom. The first-order valence-electron chi connectivity index (χ1n) is 10.1. The summed E-state index contributed by atoms with van der Waals surface area (Å²) >= 11 is 0. The van der Waals surface area contributed by atoms with E-state index in [0.717, 1.165) is 27.1 Å². The Morgan fingerprint density at radius 2 is 1.17 bits per heavy atom. The van der Waals surface area contributed by atoms with Crippen molar-refractivity contribution in [3.63, 3.8) is 0 Å². The highest BCUT2D eigenvalue weighted by atomic mass is 16.1. The third-order valence-electron chi connectivity index (χ3n) is 5.38. The van der Waals surface area contributed by atoms with Crippen LogP contribution in [0.5, 0.6) is 0 Å². The molecule has 0 bridgehead atoms. The molecule has 0 atom stereocenters. The van der Waals surface area contributed by atoms with Crippen LogP contribution < -0.4 is 0 Å². The Morgan fingerprint density at radius 1 is 0.567 bits per heavy atom. The van der Waals surface area contributed by atoms with Crippen LogP contribution in [0.4, 0.5) is 0 Å². The minimum Gasteiger partial charge on any atom is -0.299 e. The third-order valence-corrected chi connectivity index (χ3v) is 5.38. The predicted octanol–water partition coefficient (Wildman–Crippen LogP) is 5.73. The van der Waals surface area contributed by atoms with Gasteiger partial charge in [-0.3, -0.25) is 14.4 Å². The number of hydrogen-bond donors (Lipinski definition) is 0. The van der Waals surface area contributed by atoms with E-state index in [1.54, 1.807) is 6.07 Å². The van der Waals surface area contributed by atoms with E-state index in [1.165, 1.54) is 0 Å². The SMILES string of the molecule is O=C(CCC(=O)c1cccc2ccccc12)CC(=O)Cc1cccc2ccccc12. The monoisotopic (exact) mass is 394 g/mol. The molecule has 0 aliphatic rings. The zero-order chi connectivity index (χ0) is 20.9. The van der Waals surface area contributed by atoms with Gasteiger partial charge in [0.15, 0.2) is 5.78 Å². The van der Waals surface area contributed by atoms with Gasteiger partial charge in [-0.1, -0.05) is 84.9 Å². The highest BCUT2D eigenvalue weighted by Crippen LogP contribution is 2.21. The van der Waals surface area contributed by atoms with E-state index in [-0.39, 0.29) is 43.0 Å². The molecule has 4 aromatic rings. The number of fused-ring (bicyclic) bond motifs is 2. The lowest BCUT2D eigenvalue weighted by molar-refractivity contribution is -0.126. The van der Waals surface area contributed by atoms with E-state index in [1.807, 2.05) is 78.9 Å². The molecule has 148 valence electrons. The molecular weight excluding hydrogens is 372 g/mol. The first kappa shape index (κ1) is 19.7. The standard InChI is InChI=1S/C27H22O3/c28-22(15-16-27(30)26-14-6-10-20-8-2-4-13-25(20)26)18-23(29)17-21-11-5-9-19-7-1-3-12-24(19)21/h1-14H,15-18H2. The van der Waals surface area contributed by atoms with Crippen LogP contribution in [0.3, 0.4) is 0 Å². The van der Waals surface area contributed by atoms with Crippen LogP contribution in [0.2, 0.25) is 0 Å². The zero-order valence-corrected chi connectivity index (χ0v) is 16.6. The summed E-state index contributed by atoms with van der Waals surface area (Å²) in [5.74, 6) is -0.371. The molecule has 0 radical (unpaired) electrons. The number of carbonyl (C=O) groups is 3. The van der Waals surface area contributed by atoms with Crippen molar-refractivity contribution in [1.29, 1.82) is 0 Å². The molecule has 0 N–H and O–H groups in total. The predicted molar refractivity (Wildman–Crippen MR) is 120 cm³/mol. The first-order valence-corrected chi connectivity index (χ1v) is 10.1. The van der Waals surface area contributed by atoms with E-state index in [0.29, 0.717) is 5.56 Å². The molecule has 0 fully saturated rings. The zero-order valence-electron chi connectivity index (χ0n) is 16.6. The molecule has 0 unspecified atom stereocenters. The van der Waals surface area contributed by atoms with E-state index in [2.05, 4.69) is 0 Å². The summed E-state index contributed by atoms with van der Waals surface area (Å²) in [4.78, 5) is 37.4. The molecule has 0 amide bonds. The number of rotatable bonds is 8. The van der Waals surface area contributed by atoms with Gasteiger partial charge in [0.1, 0.15) is 11.6 Å². The first-order chi connectivity index (χ1) is 14.6. The number of Topliss-reactive ketones (excluding diaryl/α,β-unsaturated/α-hetero) is 3. The molecule has 4 rings (SSSR count). The van der Waals surface area contributed by atoms with E-state index in [9.17, 15) is 14.4 Å². The highest BCUT2D eigenvalue weighted by molar-refractivity contribution is 6.09. The number of hydrogen-bond acceptors (Lipinski definition) is 3. The van der Waals surface area contributed by atoms with Gasteiger partial charge in [-0.15, -0.1) is 0 Å². The van der Waals surface area contributed by atoms with Crippen molar-refractivity contribution in [1.82, 2.24) is 0 Å². The summed E-state index contributed by atoms with van der Waals surface area (Å²) in [5, 5.41) is 4.01. The maximum Gasteiger partial charge on any atom is 0.163 e. The summed E-state index contributed by atoms with van der Waals surface area (Å²) in [6, 6.07) is 27.1. The smallest absolute Gasteiger partial charge is 0.163 e. The maximum atomic E-state index is 12.6. The number of ketones is 3. The van der Waals surface area contributed by atoms with Crippen molar-refractivity contribution in [3.8, 4) is 0 Å². The van der Waals surface area contributed by atoms with E-state index in [4.69, 9.17) is 0 Å². The molecule has 0 spiro atoms. The van der Waals surface area contributed by atoms with Gasteiger partial charge < -0.3 is 0 Å². The summed E-state index contributed by atoms with van der Waals surface area (Å²) in [5.41, 5.74) is 1.56. The average Bonchev–Trinajstić information content (AvgIpc) is 2.77. The van der Waals surface area contributed by atoms with Gasteiger partial charge in [-0.25, -0.2) is 0 Å². The molecule has 3 nitrogen and oxygen atoms in total. The minimum atomic E-state index is -0.186. The van der Waals surface area contributed by atoms with Gasteiger partial charge in [-0.2, -0.15) is 0 Å². The second-order valence-corrected chi connectivity index (χ2v) is 7.52. The van der Waals surface area contributed by atoms with Gasteiger partial charge >= 0.3 is 0 Å². The van der Waals surface area contributed by atoms with Crippen LogP contribution in [0.1, 0.15) is 35.2 Å². The number of benzene rings is 4. The summed E-state index contributed by atoms with van der Waals surface area (Å²) in [6.45, 7) is 0. The Hall–Kier alpha value is -3.59. The van der Waals surface area contributed by atoms with Crippen molar-refractivity contribution in [2.75, 3.05) is 0 Å². The van der Waals surface area contributed by atoms with Crippen molar-refractivity contribution >= 4 is 38.9 Å². The maximum absolute atomic E-state index is 12.6. The largest absolute Gasteiger partial charge is 0.299 e. The topological polar surface area (TPSA) is 51.2 Å². The highest BCUT2D eigenvalue weighted by Gasteiger charge is 2.15. The normalized spacial score (nSPS) is 10.9.